The number of pyridine rings is 1. The number of urea groups is 1. The number of aromatic nitrogens is 1. The number of hydrogen-bond donors (Lipinski definition) is 2. The van der Waals surface area contributed by atoms with Gasteiger partial charge in [0, 0.05) is 12.3 Å². The molecule has 1 aromatic rings. The molecule has 2 aliphatic rings. The summed E-state index contributed by atoms with van der Waals surface area (Å²) < 4.78 is 11.3. The number of imide groups is 1. The van der Waals surface area contributed by atoms with Gasteiger partial charge in [-0.25, -0.2) is 4.79 Å². The molecule has 4 amide bonds. The molecule has 0 unspecified atom stereocenters. The van der Waals surface area contributed by atoms with E-state index in [9.17, 15) is 14.4 Å². The molecule has 0 aliphatic carbocycles. The first-order chi connectivity index (χ1) is 12.0. The zero-order chi connectivity index (χ0) is 17.8. The second-order valence-corrected chi connectivity index (χ2v) is 6.04. The van der Waals surface area contributed by atoms with Crippen molar-refractivity contribution < 1.29 is 23.9 Å². The molecule has 0 saturated carbocycles. The van der Waals surface area contributed by atoms with Gasteiger partial charge in [0.15, 0.2) is 0 Å². The van der Waals surface area contributed by atoms with E-state index in [-0.39, 0.29) is 31.1 Å². The lowest BCUT2D eigenvalue weighted by Crippen LogP contribution is -2.53. The number of rotatable bonds is 5. The predicted molar refractivity (Wildman–Crippen MR) is 85.9 cm³/mol. The number of carbonyl (C=O) groups excluding carboxylic acids is 3. The molecule has 2 atom stereocenters. The molecule has 9 heteroatoms. The number of nitrogens with zero attached hydrogens (tertiary/aromatic N) is 2. The van der Waals surface area contributed by atoms with E-state index < -0.39 is 11.9 Å². The van der Waals surface area contributed by atoms with E-state index in [1.807, 2.05) is 19.1 Å². The smallest absolute Gasteiger partial charge is 0.325 e. The van der Waals surface area contributed by atoms with E-state index in [0.29, 0.717) is 25.4 Å². The lowest BCUT2D eigenvalue weighted by molar-refractivity contribution is -0.124. The van der Waals surface area contributed by atoms with E-state index in [0.717, 1.165) is 10.6 Å². The minimum Gasteiger partial charge on any atom is -0.484 e. The summed E-state index contributed by atoms with van der Waals surface area (Å²) in [5, 5.41) is 5.00. The number of aryl methyl sites for hydroxylation is 1. The summed E-state index contributed by atoms with van der Waals surface area (Å²) in [6.07, 6.45) is 1.88. The van der Waals surface area contributed by atoms with Crippen LogP contribution in [0.3, 0.4) is 0 Å². The molecule has 3 heterocycles. The highest BCUT2D eigenvalue weighted by Gasteiger charge is 2.32. The van der Waals surface area contributed by atoms with E-state index in [1.165, 1.54) is 0 Å². The van der Waals surface area contributed by atoms with Crippen LogP contribution in [0.2, 0.25) is 0 Å². The maximum absolute atomic E-state index is 12.2. The topological polar surface area (TPSA) is 110 Å². The lowest BCUT2D eigenvalue weighted by atomic mass is 10.1. The molecule has 2 aliphatic heterocycles. The SMILES string of the molecule is Cc1ccc(O[C@@H]2COCC[C@@H]2NC(=O)CN2CC(=O)NC2=O)cn1. The quantitative estimate of drug-likeness (QED) is 0.701. The van der Waals surface area contributed by atoms with Gasteiger partial charge in [-0.05, 0) is 25.5 Å². The van der Waals surface area contributed by atoms with Crippen LogP contribution in [0.15, 0.2) is 18.3 Å². The molecule has 2 saturated heterocycles. The van der Waals surface area contributed by atoms with Gasteiger partial charge in [-0.2, -0.15) is 0 Å². The fraction of sp³-hybridized carbons (Fsp3) is 0.500. The Morgan fingerprint density at radius 2 is 2.32 bits per heavy atom. The molecule has 3 rings (SSSR count). The Balaban J connectivity index is 1.57. The van der Waals surface area contributed by atoms with Gasteiger partial charge in [-0.1, -0.05) is 0 Å². The van der Waals surface area contributed by atoms with E-state index in [1.54, 1.807) is 6.20 Å². The normalized spacial score (nSPS) is 23.3. The molecule has 2 fully saturated rings. The molecule has 134 valence electrons. The highest BCUT2D eigenvalue weighted by molar-refractivity contribution is 6.03. The van der Waals surface area contributed by atoms with Crippen molar-refractivity contribution in [1.82, 2.24) is 20.5 Å². The van der Waals surface area contributed by atoms with Crippen molar-refractivity contribution in [2.24, 2.45) is 0 Å². The number of amides is 4. The molecular weight excluding hydrogens is 328 g/mol. The maximum atomic E-state index is 12.2. The minimum absolute atomic E-state index is 0.102. The van der Waals surface area contributed by atoms with Crippen LogP contribution in [-0.4, -0.2) is 66.2 Å². The second-order valence-electron chi connectivity index (χ2n) is 6.04. The Bertz CT molecular complexity index is 663. The predicted octanol–water partition coefficient (Wildman–Crippen LogP) is -0.406. The highest BCUT2D eigenvalue weighted by Crippen LogP contribution is 2.17. The van der Waals surface area contributed by atoms with Crippen molar-refractivity contribution >= 4 is 17.8 Å². The van der Waals surface area contributed by atoms with Gasteiger partial charge >= 0.3 is 6.03 Å². The van der Waals surface area contributed by atoms with Gasteiger partial charge in [-0.3, -0.25) is 19.9 Å². The van der Waals surface area contributed by atoms with Gasteiger partial charge in [0.05, 0.1) is 18.8 Å². The van der Waals surface area contributed by atoms with Gasteiger partial charge in [0.2, 0.25) is 11.8 Å². The minimum atomic E-state index is -0.550. The summed E-state index contributed by atoms with van der Waals surface area (Å²) in [4.78, 5) is 40.2. The van der Waals surface area contributed by atoms with Crippen LogP contribution in [0.4, 0.5) is 4.79 Å². The first kappa shape index (κ1) is 17.2. The number of ether oxygens (including phenoxy) is 2. The van der Waals surface area contributed by atoms with Gasteiger partial charge in [0.25, 0.3) is 0 Å². The fourth-order valence-corrected chi connectivity index (χ4v) is 2.73. The Labute approximate surface area is 144 Å². The van der Waals surface area contributed by atoms with Crippen molar-refractivity contribution in [1.29, 1.82) is 0 Å². The van der Waals surface area contributed by atoms with Crippen LogP contribution in [0.1, 0.15) is 12.1 Å². The van der Waals surface area contributed by atoms with Crippen LogP contribution in [0.5, 0.6) is 5.75 Å². The number of hydrogen-bond acceptors (Lipinski definition) is 6. The second kappa shape index (κ2) is 7.47. The Hall–Kier alpha value is -2.68. The number of nitrogens with one attached hydrogen (secondary N) is 2. The van der Waals surface area contributed by atoms with Crippen LogP contribution in [-0.2, 0) is 14.3 Å². The molecule has 1 aromatic heterocycles. The molecule has 2 N–H and O–H groups in total. The average Bonchev–Trinajstić information content (AvgIpc) is 2.88. The molecule has 9 nitrogen and oxygen atoms in total. The fourth-order valence-electron chi connectivity index (χ4n) is 2.73. The molecule has 0 bridgehead atoms. The van der Waals surface area contributed by atoms with Crippen molar-refractivity contribution in [3.05, 3.63) is 24.0 Å². The Morgan fingerprint density at radius 3 is 3.00 bits per heavy atom. The first-order valence-corrected chi connectivity index (χ1v) is 8.06. The van der Waals surface area contributed by atoms with E-state index in [4.69, 9.17) is 9.47 Å². The summed E-state index contributed by atoms with van der Waals surface area (Å²) in [6.45, 7) is 2.47. The molecular formula is C16H20N4O5. The summed E-state index contributed by atoms with van der Waals surface area (Å²) in [5.41, 5.74) is 0.885. The molecule has 0 aromatic carbocycles. The third-order valence-electron chi connectivity index (χ3n) is 4.02. The summed E-state index contributed by atoms with van der Waals surface area (Å²) in [5.74, 6) is -0.144. The third-order valence-corrected chi connectivity index (χ3v) is 4.02. The summed E-state index contributed by atoms with van der Waals surface area (Å²) in [6, 6.07) is 2.86. The summed E-state index contributed by atoms with van der Waals surface area (Å²) >= 11 is 0. The Morgan fingerprint density at radius 1 is 1.48 bits per heavy atom. The van der Waals surface area contributed by atoms with E-state index in [2.05, 4.69) is 15.6 Å². The highest BCUT2D eigenvalue weighted by atomic mass is 16.5. The molecule has 0 radical (unpaired) electrons. The van der Waals surface area contributed by atoms with Crippen LogP contribution < -0.4 is 15.4 Å². The number of carbonyl (C=O) groups is 3. The standard InChI is InChI=1S/C16H20N4O5/c1-10-2-3-11(6-17-10)25-13-9-24-5-4-12(13)18-14(21)7-20-8-15(22)19-16(20)23/h2-3,6,12-13H,4-5,7-9H2,1H3,(H,18,21)(H,19,22,23)/t12-,13+/m0/s1. The van der Waals surface area contributed by atoms with Gasteiger partial charge in [-0.15, -0.1) is 0 Å². The van der Waals surface area contributed by atoms with Crippen LogP contribution in [0.25, 0.3) is 0 Å². The average molecular weight is 348 g/mol. The molecule has 0 spiro atoms. The van der Waals surface area contributed by atoms with E-state index >= 15 is 0 Å². The van der Waals surface area contributed by atoms with Crippen LogP contribution in [0, 0.1) is 6.92 Å². The van der Waals surface area contributed by atoms with Crippen molar-refractivity contribution in [3.8, 4) is 5.75 Å². The van der Waals surface area contributed by atoms with Crippen molar-refractivity contribution in [2.45, 2.75) is 25.5 Å². The molecule has 25 heavy (non-hydrogen) atoms. The largest absolute Gasteiger partial charge is 0.484 e. The summed E-state index contributed by atoms with van der Waals surface area (Å²) in [7, 11) is 0. The van der Waals surface area contributed by atoms with Gasteiger partial charge in [0.1, 0.15) is 24.9 Å². The van der Waals surface area contributed by atoms with Crippen LogP contribution >= 0.6 is 0 Å². The zero-order valence-corrected chi connectivity index (χ0v) is 13.9. The lowest BCUT2D eigenvalue weighted by Gasteiger charge is -2.32. The van der Waals surface area contributed by atoms with Crippen molar-refractivity contribution in [3.63, 3.8) is 0 Å². The first-order valence-electron chi connectivity index (χ1n) is 8.06. The van der Waals surface area contributed by atoms with Crippen molar-refractivity contribution in [2.75, 3.05) is 26.3 Å². The monoisotopic (exact) mass is 348 g/mol. The zero-order valence-electron chi connectivity index (χ0n) is 13.9. The third kappa shape index (κ3) is 4.44. The maximum Gasteiger partial charge on any atom is 0.325 e. The van der Waals surface area contributed by atoms with Gasteiger partial charge < -0.3 is 19.7 Å². The Kier molecular flexibility index (Phi) is 5.13.